The van der Waals surface area contributed by atoms with E-state index >= 15 is 0 Å². The predicted octanol–water partition coefficient (Wildman–Crippen LogP) is 3.07. The molecule has 2 atom stereocenters. The zero-order valence-corrected chi connectivity index (χ0v) is 13.4. The van der Waals surface area contributed by atoms with Crippen molar-refractivity contribution in [1.82, 2.24) is 4.90 Å². The van der Waals surface area contributed by atoms with Crippen LogP contribution in [0.4, 0.5) is 5.69 Å². The van der Waals surface area contributed by atoms with E-state index in [2.05, 4.69) is 13.8 Å². The lowest BCUT2D eigenvalue weighted by atomic mass is 9.93. The van der Waals surface area contributed by atoms with Gasteiger partial charge in [-0.25, -0.2) is 0 Å². The van der Waals surface area contributed by atoms with E-state index in [0.29, 0.717) is 18.4 Å². The van der Waals surface area contributed by atoms with E-state index in [1.165, 1.54) is 0 Å². The number of amides is 2. The molecule has 2 saturated heterocycles. The third-order valence-corrected chi connectivity index (χ3v) is 4.90. The van der Waals surface area contributed by atoms with Gasteiger partial charge >= 0.3 is 0 Å². The monoisotopic (exact) mass is 300 g/mol. The SMILES string of the molecule is C[C@@H]1CCN(C(=O)c2ccc(N3CCCC3=O)cc2)[C@@H](C)C1. The van der Waals surface area contributed by atoms with E-state index in [9.17, 15) is 9.59 Å². The molecular formula is C18H24N2O2. The molecule has 2 aliphatic rings. The number of hydrogen-bond acceptors (Lipinski definition) is 2. The third-order valence-electron chi connectivity index (χ3n) is 4.90. The van der Waals surface area contributed by atoms with Gasteiger partial charge in [0.15, 0.2) is 0 Å². The van der Waals surface area contributed by atoms with Crippen LogP contribution in [0, 0.1) is 5.92 Å². The lowest BCUT2D eigenvalue weighted by Crippen LogP contribution is -2.44. The Morgan fingerprint density at radius 3 is 2.45 bits per heavy atom. The molecule has 0 aliphatic carbocycles. The van der Waals surface area contributed by atoms with Crippen LogP contribution in [0.25, 0.3) is 0 Å². The minimum absolute atomic E-state index is 0.110. The average Bonchev–Trinajstić information content (AvgIpc) is 2.93. The van der Waals surface area contributed by atoms with Crippen molar-refractivity contribution >= 4 is 17.5 Å². The summed E-state index contributed by atoms with van der Waals surface area (Å²) in [7, 11) is 0. The van der Waals surface area contributed by atoms with Crippen LogP contribution in [0.2, 0.25) is 0 Å². The van der Waals surface area contributed by atoms with Crippen LogP contribution in [0.5, 0.6) is 0 Å². The normalized spacial score (nSPS) is 25.6. The number of hydrogen-bond donors (Lipinski definition) is 0. The minimum atomic E-state index is 0.110. The number of carbonyl (C=O) groups excluding carboxylic acids is 2. The molecular weight excluding hydrogens is 276 g/mol. The average molecular weight is 300 g/mol. The lowest BCUT2D eigenvalue weighted by Gasteiger charge is -2.36. The van der Waals surface area contributed by atoms with Crippen LogP contribution in [0.15, 0.2) is 24.3 Å². The fraction of sp³-hybridized carbons (Fsp3) is 0.556. The molecule has 1 aromatic carbocycles. The maximum atomic E-state index is 12.7. The summed E-state index contributed by atoms with van der Waals surface area (Å²) in [6.07, 6.45) is 3.70. The summed E-state index contributed by atoms with van der Waals surface area (Å²) in [5.41, 5.74) is 1.62. The van der Waals surface area contributed by atoms with Crippen LogP contribution in [-0.4, -0.2) is 35.8 Å². The molecule has 22 heavy (non-hydrogen) atoms. The summed E-state index contributed by atoms with van der Waals surface area (Å²) in [5, 5.41) is 0. The van der Waals surface area contributed by atoms with E-state index < -0.39 is 0 Å². The van der Waals surface area contributed by atoms with Gasteiger partial charge in [-0.1, -0.05) is 6.92 Å². The second kappa shape index (κ2) is 6.11. The fourth-order valence-electron chi connectivity index (χ4n) is 3.58. The molecule has 0 saturated carbocycles. The van der Waals surface area contributed by atoms with Gasteiger partial charge in [-0.05, 0) is 56.4 Å². The van der Waals surface area contributed by atoms with Crippen LogP contribution in [0.3, 0.4) is 0 Å². The van der Waals surface area contributed by atoms with Crippen molar-refractivity contribution in [2.75, 3.05) is 18.0 Å². The van der Waals surface area contributed by atoms with Gasteiger partial charge < -0.3 is 9.80 Å². The number of piperidine rings is 1. The van der Waals surface area contributed by atoms with Crippen molar-refractivity contribution in [3.8, 4) is 0 Å². The zero-order chi connectivity index (χ0) is 15.7. The highest BCUT2D eigenvalue weighted by Gasteiger charge is 2.28. The van der Waals surface area contributed by atoms with Gasteiger partial charge in [0.2, 0.25) is 5.91 Å². The topological polar surface area (TPSA) is 40.6 Å². The number of nitrogens with zero attached hydrogens (tertiary/aromatic N) is 2. The van der Waals surface area contributed by atoms with Crippen LogP contribution in [0.1, 0.15) is 49.9 Å². The van der Waals surface area contributed by atoms with E-state index in [1.807, 2.05) is 29.2 Å². The molecule has 2 fully saturated rings. The first-order chi connectivity index (χ1) is 10.6. The molecule has 0 radical (unpaired) electrons. The molecule has 0 spiro atoms. The zero-order valence-electron chi connectivity index (χ0n) is 13.4. The third kappa shape index (κ3) is 2.87. The van der Waals surface area contributed by atoms with Crippen molar-refractivity contribution in [3.63, 3.8) is 0 Å². The Balaban J connectivity index is 1.72. The van der Waals surface area contributed by atoms with Gasteiger partial charge in [-0.3, -0.25) is 9.59 Å². The summed E-state index contributed by atoms with van der Waals surface area (Å²) in [6.45, 7) is 6.01. The van der Waals surface area contributed by atoms with Gasteiger partial charge in [0.1, 0.15) is 0 Å². The molecule has 3 rings (SSSR count). The second-order valence-electron chi connectivity index (χ2n) is 6.67. The van der Waals surface area contributed by atoms with Gasteiger partial charge in [0.05, 0.1) is 0 Å². The van der Waals surface area contributed by atoms with Crippen molar-refractivity contribution in [3.05, 3.63) is 29.8 Å². The number of anilines is 1. The molecule has 0 unspecified atom stereocenters. The summed E-state index contributed by atoms with van der Waals surface area (Å²) < 4.78 is 0. The first-order valence-electron chi connectivity index (χ1n) is 8.27. The molecule has 0 aromatic heterocycles. The molecule has 2 heterocycles. The van der Waals surface area contributed by atoms with E-state index in [-0.39, 0.29) is 11.8 Å². The van der Waals surface area contributed by atoms with Crippen LogP contribution < -0.4 is 4.90 Å². The highest BCUT2D eigenvalue weighted by Crippen LogP contribution is 2.25. The van der Waals surface area contributed by atoms with Crippen molar-refractivity contribution in [2.24, 2.45) is 5.92 Å². The standard InChI is InChI=1S/C18H24N2O2/c1-13-9-11-19(14(2)12-13)18(22)15-5-7-16(8-6-15)20-10-3-4-17(20)21/h5-8,13-14H,3-4,9-12H2,1-2H3/t13-,14+/m1/s1. The summed E-state index contributed by atoms with van der Waals surface area (Å²) in [6, 6.07) is 7.81. The Hall–Kier alpha value is -1.84. The predicted molar refractivity (Wildman–Crippen MR) is 86.9 cm³/mol. The summed E-state index contributed by atoms with van der Waals surface area (Å²) in [4.78, 5) is 28.2. The van der Waals surface area contributed by atoms with Gasteiger partial charge in [-0.2, -0.15) is 0 Å². The van der Waals surface area contributed by atoms with Crippen LogP contribution in [-0.2, 0) is 4.79 Å². The molecule has 4 heteroatoms. The number of carbonyl (C=O) groups is 2. The first-order valence-corrected chi connectivity index (χ1v) is 8.27. The van der Waals surface area contributed by atoms with Crippen molar-refractivity contribution in [1.29, 1.82) is 0 Å². The highest BCUT2D eigenvalue weighted by atomic mass is 16.2. The largest absolute Gasteiger partial charge is 0.336 e. The Morgan fingerprint density at radius 1 is 1.14 bits per heavy atom. The number of rotatable bonds is 2. The molecule has 2 amide bonds. The fourth-order valence-corrected chi connectivity index (χ4v) is 3.58. The number of likely N-dealkylation sites (tertiary alicyclic amines) is 1. The Labute approximate surface area is 132 Å². The second-order valence-corrected chi connectivity index (χ2v) is 6.67. The highest BCUT2D eigenvalue weighted by molar-refractivity contribution is 5.97. The molecule has 1 aromatic rings. The maximum Gasteiger partial charge on any atom is 0.254 e. The molecule has 118 valence electrons. The summed E-state index contributed by atoms with van der Waals surface area (Å²) >= 11 is 0. The van der Waals surface area contributed by atoms with Crippen LogP contribution >= 0.6 is 0 Å². The van der Waals surface area contributed by atoms with Gasteiger partial charge in [-0.15, -0.1) is 0 Å². The Bertz CT molecular complexity index is 567. The van der Waals surface area contributed by atoms with E-state index in [0.717, 1.165) is 43.6 Å². The Morgan fingerprint density at radius 2 is 1.86 bits per heavy atom. The molecule has 4 nitrogen and oxygen atoms in total. The van der Waals surface area contributed by atoms with E-state index in [4.69, 9.17) is 0 Å². The minimum Gasteiger partial charge on any atom is -0.336 e. The van der Waals surface area contributed by atoms with Gasteiger partial charge in [0.25, 0.3) is 5.91 Å². The molecule has 0 bridgehead atoms. The quantitative estimate of drug-likeness (QED) is 0.842. The first kappa shape index (κ1) is 15.1. The Kier molecular flexibility index (Phi) is 4.19. The lowest BCUT2D eigenvalue weighted by molar-refractivity contribution is -0.117. The summed E-state index contributed by atoms with van der Waals surface area (Å²) in [5.74, 6) is 0.985. The molecule has 0 N–H and O–H groups in total. The number of benzene rings is 1. The van der Waals surface area contributed by atoms with E-state index in [1.54, 1.807) is 4.90 Å². The maximum absolute atomic E-state index is 12.7. The van der Waals surface area contributed by atoms with Crippen molar-refractivity contribution in [2.45, 2.75) is 45.6 Å². The molecule has 2 aliphatic heterocycles. The van der Waals surface area contributed by atoms with Gasteiger partial charge in [0, 0.05) is 36.8 Å². The smallest absolute Gasteiger partial charge is 0.254 e. The van der Waals surface area contributed by atoms with Crippen molar-refractivity contribution < 1.29 is 9.59 Å².